The highest BCUT2D eigenvalue weighted by molar-refractivity contribution is 9.10. The predicted molar refractivity (Wildman–Crippen MR) is 73.6 cm³/mol. The van der Waals surface area contributed by atoms with Crippen LogP contribution in [0.5, 0.6) is 5.88 Å². The first-order valence-corrected chi connectivity index (χ1v) is 6.34. The summed E-state index contributed by atoms with van der Waals surface area (Å²) in [7, 11) is 0. The normalized spacial score (nSPS) is 10.2. The summed E-state index contributed by atoms with van der Waals surface area (Å²) in [5.41, 5.74) is 0.644. The number of aromatic amines is 1. The molecule has 0 fully saturated rings. The molecule has 1 aromatic heterocycles. The van der Waals surface area contributed by atoms with Crippen LogP contribution in [0.25, 0.3) is 0 Å². The Morgan fingerprint density at radius 1 is 1.37 bits per heavy atom. The molecule has 2 rings (SSSR count). The molecular formula is C13H11BrN2O3. The van der Waals surface area contributed by atoms with Crippen LogP contribution in [0.2, 0.25) is 0 Å². The van der Waals surface area contributed by atoms with Crippen LogP contribution in [0.4, 0.5) is 0 Å². The second kappa shape index (κ2) is 5.79. The van der Waals surface area contributed by atoms with Crippen molar-refractivity contribution in [3.63, 3.8) is 0 Å². The third kappa shape index (κ3) is 3.29. The summed E-state index contributed by atoms with van der Waals surface area (Å²) in [6, 6.07) is 8.79. The van der Waals surface area contributed by atoms with Crippen molar-refractivity contribution in [2.45, 2.75) is 6.92 Å². The third-order valence-electron chi connectivity index (χ3n) is 2.45. The zero-order valence-corrected chi connectivity index (χ0v) is 11.7. The molecule has 6 heteroatoms. The molecule has 0 amide bonds. The zero-order valence-electron chi connectivity index (χ0n) is 10.1. The van der Waals surface area contributed by atoms with E-state index < -0.39 is 5.69 Å². The van der Waals surface area contributed by atoms with Gasteiger partial charge in [0.25, 0.3) is 0 Å². The average molecular weight is 323 g/mol. The van der Waals surface area contributed by atoms with Gasteiger partial charge in [0.1, 0.15) is 0 Å². The molecule has 1 aromatic carbocycles. The highest BCUT2D eigenvalue weighted by atomic mass is 79.9. The van der Waals surface area contributed by atoms with Gasteiger partial charge < -0.3 is 9.72 Å². The lowest BCUT2D eigenvalue weighted by atomic mass is 10.1. The Labute approximate surface area is 117 Å². The van der Waals surface area contributed by atoms with E-state index in [0.717, 1.165) is 0 Å². The fourth-order valence-electron chi connectivity index (χ4n) is 1.48. The van der Waals surface area contributed by atoms with Gasteiger partial charge in [-0.3, -0.25) is 4.79 Å². The van der Waals surface area contributed by atoms with Crippen molar-refractivity contribution in [2.24, 2.45) is 0 Å². The van der Waals surface area contributed by atoms with Crippen molar-refractivity contribution in [2.75, 3.05) is 6.61 Å². The van der Waals surface area contributed by atoms with Crippen LogP contribution in [0, 0.1) is 6.92 Å². The Balaban J connectivity index is 2.12. The number of aromatic nitrogens is 2. The van der Waals surface area contributed by atoms with E-state index in [0.29, 0.717) is 15.7 Å². The monoisotopic (exact) mass is 322 g/mol. The smallest absolute Gasteiger partial charge is 0.348 e. The van der Waals surface area contributed by atoms with Gasteiger partial charge in [0, 0.05) is 11.3 Å². The molecule has 0 saturated carbocycles. The van der Waals surface area contributed by atoms with E-state index in [1.807, 2.05) is 6.07 Å². The summed E-state index contributed by atoms with van der Waals surface area (Å²) in [6.07, 6.45) is 0. The van der Waals surface area contributed by atoms with Gasteiger partial charge in [-0.15, -0.1) is 0 Å². The Kier molecular flexibility index (Phi) is 4.11. The quantitative estimate of drug-likeness (QED) is 0.875. The number of benzene rings is 1. The maximum Gasteiger partial charge on any atom is 0.348 e. The van der Waals surface area contributed by atoms with E-state index in [4.69, 9.17) is 4.74 Å². The van der Waals surface area contributed by atoms with Crippen molar-refractivity contribution in [1.82, 2.24) is 9.97 Å². The molecule has 1 N–H and O–H groups in total. The van der Waals surface area contributed by atoms with Crippen LogP contribution in [-0.4, -0.2) is 22.4 Å². The van der Waals surface area contributed by atoms with Crippen LogP contribution >= 0.6 is 15.9 Å². The number of carbonyl (C=O) groups excluding carboxylic acids is 1. The maximum absolute atomic E-state index is 11.8. The number of aryl methyl sites for hydroxylation is 1. The number of ether oxygens (including phenoxy) is 1. The van der Waals surface area contributed by atoms with Crippen LogP contribution < -0.4 is 10.4 Å². The lowest BCUT2D eigenvalue weighted by Gasteiger charge is -2.07. The Hall–Kier alpha value is -1.95. The van der Waals surface area contributed by atoms with E-state index in [1.165, 1.54) is 0 Å². The van der Waals surface area contributed by atoms with Gasteiger partial charge in [0.2, 0.25) is 5.88 Å². The molecule has 5 nitrogen and oxygen atoms in total. The van der Waals surface area contributed by atoms with Crippen molar-refractivity contribution < 1.29 is 9.53 Å². The van der Waals surface area contributed by atoms with Gasteiger partial charge in [-0.1, -0.05) is 30.3 Å². The van der Waals surface area contributed by atoms with Gasteiger partial charge in [-0.2, -0.15) is 4.98 Å². The van der Waals surface area contributed by atoms with Gasteiger partial charge in [0.15, 0.2) is 12.4 Å². The summed E-state index contributed by atoms with van der Waals surface area (Å²) in [5.74, 6) is -0.0576. The zero-order chi connectivity index (χ0) is 13.8. The number of hydrogen-bond donors (Lipinski definition) is 1. The number of halogens is 1. The van der Waals surface area contributed by atoms with Crippen molar-refractivity contribution >= 4 is 21.7 Å². The molecule has 0 unspecified atom stereocenters. The molecule has 0 bridgehead atoms. The largest absolute Gasteiger partial charge is 0.468 e. The van der Waals surface area contributed by atoms with E-state index in [2.05, 4.69) is 25.9 Å². The molecule has 98 valence electrons. The maximum atomic E-state index is 11.8. The molecule has 0 aliphatic carbocycles. The van der Waals surface area contributed by atoms with Crippen molar-refractivity contribution in [3.05, 3.63) is 56.5 Å². The number of hydrogen-bond acceptors (Lipinski definition) is 4. The summed E-state index contributed by atoms with van der Waals surface area (Å²) < 4.78 is 5.82. The minimum atomic E-state index is -0.511. The van der Waals surface area contributed by atoms with Gasteiger partial charge in [-0.05, 0) is 22.9 Å². The van der Waals surface area contributed by atoms with E-state index in [9.17, 15) is 9.59 Å². The van der Waals surface area contributed by atoms with E-state index in [-0.39, 0.29) is 18.3 Å². The molecule has 1 heterocycles. The first-order chi connectivity index (χ1) is 9.08. The van der Waals surface area contributed by atoms with Gasteiger partial charge in [-0.25, -0.2) is 4.79 Å². The van der Waals surface area contributed by atoms with Crippen molar-refractivity contribution in [1.29, 1.82) is 0 Å². The number of carbonyl (C=O) groups is 1. The molecular weight excluding hydrogens is 312 g/mol. The lowest BCUT2D eigenvalue weighted by Crippen LogP contribution is -2.17. The standard InChI is InChI=1S/C13H11BrN2O3/c1-8-11(14)12(16-13(18)15-8)19-7-10(17)9-5-3-2-4-6-9/h2-6H,7H2,1H3,(H,15,16,18). The second-order valence-electron chi connectivity index (χ2n) is 3.86. The number of nitrogens with zero attached hydrogens (tertiary/aromatic N) is 1. The van der Waals surface area contributed by atoms with Crippen molar-refractivity contribution in [3.8, 4) is 5.88 Å². The topological polar surface area (TPSA) is 72.1 Å². The predicted octanol–water partition coefficient (Wildman–Crippen LogP) is 2.10. The summed E-state index contributed by atoms with van der Waals surface area (Å²) in [4.78, 5) is 29.3. The Morgan fingerprint density at radius 3 is 2.74 bits per heavy atom. The number of ketones is 1. The van der Waals surface area contributed by atoms with E-state index in [1.54, 1.807) is 31.2 Å². The Morgan fingerprint density at radius 2 is 2.05 bits per heavy atom. The number of nitrogens with one attached hydrogen (secondary N) is 1. The Bertz CT molecular complexity index is 653. The van der Waals surface area contributed by atoms with Crippen LogP contribution in [-0.2, 0) is 0 Å². The molecule has 0 saturated heterocycles. The SMILES string of the molecule is Cc1[nH]c(=O)nc(OCC(=O)c2ccccc2)c1Br. The van der Waals surface area contributed by atoms with E-state index >= 15 is 0 Å². The third-order valence-corrected chi connectivity index (χ3v) is 3.38. The van der Waals surface area contributed by atoms with Gasteiger partial charge in [0.05, 0.1) is 4.47 Å². The molecule has 0 spiro atoms. The van der Waals surface area contributed by atoms with Crippen LogP contribution in [0.1, 0.15) is 16.1 Å². The summed E-state index contributed by atoms with van der Waals surface area (Å²) in [5, 5.41) is 0. The molecule has 0 atom stereocenters. The number of H-pyrrole nitrogens is 1. The highest BCUT2D eigenvalue weighted by Gasteiger charge is 2.11. The first-order valence-electron chi connectivity index (χ1n) is 5.55. The highest BCUT2D eigenvalue weighted by Crippen LogP contribution is 2.22. The molecule has 19 heavy (non-hydrogen) atoms. The summed E-state index contributed by atoms with van der Waals surface area (Å²) in [6.45, 7) is 1.54. The number of rotatable bonds is 4. The fraction of sp³-hybridized carbons (Fsp3) is 0.154. The first kappa shape index (κ1) is 13.5. The average Bonchev–Trinajstić information content (AvgIpc) is 2.41. The van der Waals surface area contributed by atoms with Crippen LogP contribution in [0.15, 0.2) is 39.6 Å². The van der Waals surface area contributed by atoms with Crippen LogP contribution in [0.3, 0.4) is 0 Å². The molecule has 2 aromatic rings. The number of Topliss-reactive ketones (excluding diaryl/α,β-unsaturated/α-hetero) is 1. The lowest BCUT2D eigenvalue weighted by molar-refractivity contribution is 0.0917. The van der Waals surface area contributed by atoms with Gasteiger partial charge >= 0.3 is 5.69 Å². The minimum absolute atomic E-state index is 0.116. The summed E-state index contributed by atoms with van der Waals surface area (Å²) >= 11 is 3.25. The molecule has 0 aliphatic heterocycles. The fourth-order valence-corrected chi connectivity index (χ4v) is 1.78. The second-order valence-corrected chi connectivity index (χ2v) is 4.66. The molecule has 0 radical (unpaired) electrons. The molecule has 0 aliphatic rings. The minimum Gasteiger partial charge on any atom is -0.468 e.